The number of ether oxygens (including phenoxy) is 1. The fourth-order valence-corrected chi connectivity index (χ4v) is 4.76. The molecule has 0 aromatic heterocycles. The third-order valence-electron chi connectivity index (χ3n) is 6.76. The van der Waals surface area contributed by atoms with Gasteiger partial charge in [-0.25, -0.2) is 4.79 Å². The molecular formula is C33H50N4O4. The van der Waals surface area contributed by atoms with Crippen molar-refractivity contribution in [2.45, 2.75) is 84.4 Å². The van der Waals surface area contributed by atoms with Gasteiger partial charge in [0, 0.05) is 26.2 Å². The number of aryl methyl sites for hydroxylation is 1. The molecule has 8 nitrogen and oxygen atoms in total. The molecule has 2 atom stereocenters. The lowest BCUT2D eigenvalue weighted by atomic mass is 10.0. The Hall–Kier alpha value is -3.39. The van der Waals surface area contributed by atoms with E-state index >= 15 is 0 Å². The molecule has 0 bridgehead atoms. The maximum Gasteiger partial charge on any atom is 0.410 e. The number of hydrogen-bond donors (Lipinski definition) is 2. The van der Waals surface area contributed by atoms with Gasteiger partial charge in [-0.05, 0) is 70.5 Å². The van der Waals surface area contributed by atoms with Crippen molar-refractivity contribution in [2.75, 3.05) is 33.2 Å². The van der Waals surface area contributed by atoms with Crippen LogP contribution in [0.5, 0.6) is 0 Å². The third-order valence-corrected chi connectivity index (χ3v) is 6.76. The van der Waals surface area contributed by atoms with E-state index < -0.39 is 17.7 Å². The minimum Gasteiger partial charge on any atom is -0.444 e. The first-order valence-corrected chi connectivity index (χ1v) is 14.9. The molecule has 3 amide bonds. The van der Waals surface area contributed by atoms with Crippen LogP contribution in [0.2, 0.25) is 0 Å². The summed E-state index contributed by atoms with van der Waals surface area (Å²) in [5.74, 6) is -0.446. The number of hydrogen-bond acceptors (Lipinski definition) is 5. The number of nitrogens with zero attached hydrogens (tertiary/aromatic N) is 2. The highest BCUT2D eigenvalue weighted by Gasteiger charge is 2.34. The second kappa shape index (κ2) is 17.4. The predicted octanol–water partition coefficient (Wildman–Crippen LogP) is 4.82. The van der Waals surface area contributed by atoms with E-state index in [1.807, 2.05) is 67.3 Å². The second-order valence-corrected chi connectivity index (χ2v) is 11.2. The molecule has 1 unspecified atom stereocenters. The average molecular weight is 567 g/mol. The summed E-state index contributed by atoms with van der Waals surface area (Å²) in [7, 11) is 1.52. The van der Waals surface area contributed by atoms with Crippen LogP contribution in [0.25, 0.3) is 0 Å². The van der Waals surface area contributed by atoms with Crippen LogP contribution in [0, 0.1) is 0 Å². The normalized spacial score (nSPS) is 15.4. The van der Waals surface area contributed by atoms with Crippen LogP contribution in [-0.2, 0) is 27.2 Å². The van der Waals surface area contributed by atoms with Gasteiger partial charge in [-0.15, -0.1) is 0 Å². The molecule has 2 aromatic rings. The van der Waals surface area contributed by atoms with Crippen LogP contribution in [0.3, 0.4) is 0 Å². The van der Waals surface area contributed by atoms with Crippen LogP contribution in [0.1, 0.15) is 65.0 Å². The first-order valence-electron chi connectivity index (χ1n) is 14.9. The number of amides is 3. The largest absolute Gasteiger partial charge is 0.444 e. The number of benzene rings is 2. The zero-order valence-corrected chi connectivity index (χ0v) is 25.8. The SMILES string of the molecule is CC.CN(CC(=O)N[C@@H](CCc1ccccc1)C(=O)N1CCCC1CNCCc1ccccc1)C(=O)OC(C)(C)C. The Morgan fingerprint density at radius 3 is 2.15 bits per heavy atom. The van der Waals surface area contributed by atoms with Crippen LogP contribution in [0.4, 0.5) is 4.79 Å². The number of likely N-dealkylation sites (N-methyl/N-ethyl adjacent to an activating group) is 1. The Morgan fingerprint density at radius 2 is 1.56 bits per heavy atom. The van der Waals surface area contributed by atoms with E-state index in [-0.39, 0.29) is 24.4 Å². The summed E-state index contributed by atoms with van der Waals surface area (Å²) in [6, 6.07) is 19.7. The zero-order valence-electron chi connectivity index (χ0n) is 25.8. The topological polar surface area (TPSA) is 91.0 Å². The highest BCUT2D eigenvalue weighted by molar-refractivity contribution is 5.89. The molecule has 2 aromatic carbocycles. The minimum absolute atomic E-state index is 0.0634. The highest BCUT2D eigenvalue weighted by atomic mass is 16.6. The first kappa shape index (κ1) is 33.8. The van der Waals surface area contributed by atoms with Gasteiger partial charge < -0.3 is 25.2 Å². The molecule has 1 saturated heterocycles. The molecule has 0 aliphatic carbocycles. The standard InChI is InChI=1S/C31H44N4O4.C2H6/c1-31(2,3)39-30(38)34(4)23-28(36)33-27(18-17-24-12-7-5-8-13-24)29(37)35-21-11-16-26(35)22-32-20-19-25-14-9-6-10-15-25;1-2/h5-10,12-15,26-27,32H,11,16-23H2,1-4H3,(H,33,36);1-2H3/t26?,27-;/m0./s1. The molecule has 41 heavy (non-hydrogen) atoms. The summed E-state index contributed by atoms with van der Waals surface area (Å²) in [6.45, 7) is 11.4. The molecule has 1 heterocycles. The minimum atomic E-state index is -0.672. The Kier molecular flexibility index (Phi) is 14.4. The zero-order chi connectivity index (χ0) is 30.3. The van der Waals surface area contributed by atoms with Crippen molar-refractivity contribution in [2.24, 2.45) is 0 Å². The number of nitrogens with one attached hydrogen (secondary N) is 2. The van der Waals surface area contributed by atoms with Crippen molar-refractivity contribution >= 4 is 17.9 Å². The molecule has 0 radical (unpaired) electrons. The van der Waals surface area contributed by atoms with E-state index in [1.165, 1.54) is 17.5 Å². The summed E-state index contributed by atoms with van der Waals surface area (Å²) in [5.41, 5.74) is 1.73. The van der Waals surface area contributed by atoms with Gasteiger partial charge in [0.15, 0.2) is 0 Å². The van der Waals surface area contributed by atoms with E-state index in [4.69, 9.17) is 4.74 Å². The monoisotopic (exact) mass is 566 g/mol. The molecule has 3 rings (SSSR count). The lowest BCUT2D eigenvalue weighted by Gasteiger charge is -2.30. The molecule has 8 heteroatoms. The maximum absolute atomic E-state index is 13.8. The Balaban J connectivity index is 0.00000287. The number of carbonyl (C=O) groups excluding carboxylic acids is 3. The summed E-state index contributed by atoms with van der Waals surface area (Å²) in [6.07, 6.45) is 3.37. The highest BCUT2D eigenvalue weighted by Crippen LogP contribution is 2.19. The average Bonchev–Trinajstić information content (AvgIpc) is 3.43. The smallest absolute Gasteiger partial charge is 0.410 e. The molecule has 0 saturated carbocycles. The molecular weight excluding hydrogens is 516 g/mol. The van der Waals surface area contributed by atoms with Crippen molar-refractivity contribution in [1.29, 1.82) is 0 Å². The maximum atomic E-state index is 13.8. The quantitative estimate of drug-likeness (QED) is 0.360. The molecule has 2 N–H and O–H groups in total. The number of likely N-dealkylation sites (tertiary alicyclic amines) is 1. The van der Waals surface area contributed by atoms with Crippen molar-refractivity contribution in [3.05, 3.63) is 71.8 Å². The van der Waals surface area contributed by atoms with Crippen molar-refractivity contribution in [3.63, 3.8) is 0 Å². The van der Waals surface area contributed by atoms with Crippen LogP contribution < -0.4 is 10.6 Å². The first-order chi connectivity index (χ1) is 19.6. The molecule has 1 aliphatic rings. The second-order valence-electron chi connectivity index (χ2n) is 11.2. The van der Waals surface area contributed by atoms with Gasteiger partial charge in [0.2, 0.25) is 11.8 Å². The fraction of sp³-hybridized carbons (Fsp3) is 0.545. The number of rotatable bonds is 12. The molecule has 1 fully saturated rings. The number of carbonyl (C=O) groups is 3. The Labute approximate surface area is 246 Å². The Bertz CT molecular complexity index is 1060. The predicted molar refractivity (Wildman–Crippen MR) is 165 cm³/mol. The van der Waals surface area contributed by atoms with E-state index in [1.54, 1.807) is 20.8 Å². The van der Waals surface area contributed by atoms with Crippen LogP contribution in [0.15, 0.2) is 60.7 Å². The molecule has 226 valence electrons. The van der Waals surface area contributed by atoms with Gasteiger partial charge in [0.25, 0.3) is 0 Å². The van der Waals surface area contributed by atoms with Crippen molar-refractivity contribution in [3.8, 4) is 0 Å². The van der Waals surface area contributed by atoms with Gasteiger partial charge in [0.1, 0.15) is 18.2 Å². The lowest BCUT2D eigenvalue weighted by molar-refractivity contribution is -0.137. The van der Waals surface area contributed by atoms with Crippen molar-refractivity contribution in [1.82, 2.24) is 20.4 Å². The summed E-state index contributed by atoms with van der Waals surface area (Å²) in [5, 5.41) is 6.44. The van der Waals surface area contributed by atoms with Gasteiger partial charge in [-0.2, -0.15) is 0 Å². The summed E-state index contributed by atoms with van der Waals surface area (Å²) >= 11 is 0. The van der Waals surface area contributed by atoms with Gasteiger partial charge in [0.05, 0.1) is 0 Å². The van der Waals surface area contributed by atoms with E-state index in [2.05, 4.69) is 22.8 Å². The van der Waals surface area contributed by atoms with Crippen LogP contribution >= 0.6 is 0 Å². The van der Waals surface area contributed by atoms with Crippen LogP contribution in [-0.4, -0.2) is 78.6 Å². The van der Waals surface area contributed by atoms with Gasteiger partial charge in [-0.1, -0.05) is 74.5 Å². The lowest BCUT2D eigenvalue weighted by Crippen LogP contribution is -2.53. The molecule has 1 aliphatic heterocycles. The van der Waals surface area contributed by atoms with Gasteiger partial charge >= 0.3 is 6.09 Å². The van der Waals surface area contributed by atoms with E-state index in [9.17, 15) is 14.4 Å². The van der Waals surface area contributed by atoms with Gasteiger partial charge in [-0.3, -0.25) is 9.59 Å². The Morgan fingerprint density at radius 1 is 0.976 bits per heavy atom. The molecule has 0 spiro atoms. The van der Waals surface area contributed by atoms with E-state index in [0.29, 0.717) is 19.4 Å². The fourth-order valence-electron chi connectivity index (χ4n) is 4.76. The summed E-state index contributed by atoms with van der Waals surface area (Å²) < 4.78 is 5.35. The van der Waals surface area contributed by atoms with E-state index in [0.717, 1.165) is 37.9 Å². The summed E-state index contributed by atoms with van der Waals surface area (Å²) in [4.78, 5) is 42.2. The van der Waals surface area contributed by atoms with Crippen molar-refractivity contribution < 1.29 is 19.1 Å². The third kappa shape index (κ3) is 12.3.